The van der Waals surface area contributed by atoms with E-state index in [0.717, 1.165) is 25.2 Å². The fraction of sp³-hybridized carbons (Fsp3) is 0.500. The number of thiocarbonyl (C=S) groups is 1. The highest BCUT2D eigenvalue weighted by molar-refractivity contribution is 7.80. The number of hydrogen-bond donors (Lipinski definition) is 2. The first-order valence-corrected chi connectivity index (χ1v) is 6.90. The van der Waals surface area contributed by atoms with Crippen LogP contribution < -0.4 is 11.1 Å². The molecule has 1 rings (SSSR count). The lowest BCUT2D eigenvalue weighted by atomic mass is 10.2. The van der Waals surface area contributed by atoms with Crippen LogP contribution in [-0.2, 0) is 0 Å². The molecule has 1 aromatic carbocycles. The molecule has 1 unspecified atom stereocenters. The van der Waals surface area contributed by atoms with Crippen LogP contribution in [0.4, 0.5) is 10.1 Å². The summed E-state index contributed by atoms with van der Waals surface area (Å²) in [5, 5.41) is 3.20. The molecular weight excluding hydrogens is 261 g/mol. The molecule has 3 nitrogen and oxygen atoms in total. The van der Waals surface area contributed by atoms with E-state index in [4.69, 9.17) is 18.0 Å². The SMILES string of the molecule is CCC(C)N(C)CCNc1ccc(C(N)=S)c(F)c1. The third-order valence-electron chi connectivity index (χ3n) is 3.37. The van der Waals surface area contributed by atoms with Crippen molar-refractivity contribution in [3.05, 3.63) is 29.6 Å². The van der Waals surface area contributed by atoms with E-state index in [1.807, 2.05) is 0 Å². The van der Waals surface area contributed by atoms with Gasteiger partial charge in [-0.3, -0.25) is 0 Å². The summed E-state index contributed by atoms with van der Waals surface area (Å²) in [5.41, 5.74) is 6.45. The summed E-state index contributed by atoms with van der Waals surface area (Å²) in [4.78, 5) is 2.35. The lowest BCUT2D eigenvalue weighted by molar-refractivity contribution is 0.261. The Morgan fingerprint density at radius 3 is 2.74 bits per heavy atom. The van der Waals surface area contributed by atoms with Gasteiger partial charge in [-0.1, -0.05) is 19.1 Å². The second-order valence-electron chi connectivity index (χ2n) is 4.72. The molecule has 0 spiro atoms. The number of halogens is 1. The predicted molar refractivity (Wildman–Crippen MR) is 83.2 cm³/mol. The van der Waals surface area contributed by atoms with Crippen molar-refractivity contribution in [3.63, 3.8) is 0 Å². The van der Waals surface area contributed by atoms with Crippen LogP contribution in [-0.4, -0.2) is 36.1 Å². The van der Waals surface area contributed by atoms with Crippen molar-refractivity contribution >= 4 is 22.9 Å². The van der Waals surface area contributed by atoms with Gasteiger partial charge in [0.05, 0.1) is 0 Å². The summed E-state index contributed by atoms with van der Waals surface area (Å²) in [7, 11) is 2.09. The van der Waals surface area contributed by atoms with Crippen molar-refractivity contribution in [2.75, 3.05) is 25.5 Å². The van der Waals surface area contributed by atoms with Gasteiger partial charge in [-0.25, -0.2) is 4.39 Å². The molecule has 0 aromatic heterocycles. The molecule has 0 amide bonds. The van der Waals surface area contributed by atoms with Gasteiger partial charge in [0.1, 0.15) is 10.8 Å². The van der Waals surface area contributed by atoms with Crippen LogP contribution in [0.15, 0.2) is 18.2 Å². The number of benzene rings is 1. The van der Waals surface area contributed by atoms with Crippen molar-refractivity contribution < 1.29 is 4.39 Å². The van der Waals surface area contributed by atoms with E-state index in [1.54, 1.807) is 12.1 Å². The molecule has 0 fully saturated rings. The minimum Gasteiger partial charge on any atom is -0.389 e. The largest absolute Gasteiger partial charge is 0.389 e. The lowest BCUT2D eigenvalue weighted by Crippen LogP contribution is -2.32. The van der Waals surface area contributed by atoms with Gasteiger partial charge in [-0.15, -0.1) is 0 Å². The highest BCUT2D eigenvalue weighted by Gasteiger charge is 2.07. The first-order valence-electron chi connectivity index (χ1n) is 6.49. The monoisotopic (exact) mass is 283 g/mol. The molecule has 5 heteroatoms. The third kappa shape index (κ3) is 4.76. The normalized spacial score (nSPS) is 12.5. The average Bonchev–Trinajstić information content (AvgIpc) is 2.37. The molecule has 106 valence electrons. The van der Waals surface area contributed by atoms with Gasteiger partial charge in [0, 0.05) is 30.4 Å². The molecule has 0 radical (unpaired) electrons. The number of nitrogens with one attached hydrogen (secondary N) is 1. The van der Waals surface area contributed by atoms with Crippen molar-refractivity contribution in [1.29, 1.82) is 0 Å². The Morgan fingerprint density at radius 1 is 1.53 bits per heavy atom. The number of anilines is 1. The third-order valence-corrected chi connectivity index (χ3v) is 3.59. The summed E-state index contributed by atoms with van der Waals surface area (Å²) in [6.07, 6.45) is 1.12. The van der Waals surface area contributed by atoms with Crippen LogP contribution in [0.2, 0.25) is 0 Å². The Balaban J connectivity index is 2.51. The minimum absolute atomic E-state index is 0.0838. The topological polar surface area (TPSA) is 41.3 Å². The van der Waals surface area contributed by atoms with Gasteiger partial charge in [0.25, 0.3) is 0 Å². The Bertz CT molecular complexity index is 437. The minimum atomic E-state index is -0.382. The lowest BCUT2D eigenvalue weighted by Gasteiger charge is -2.23. The Kier molecular flexibility index (Phi) is 6.18. The van der Waals surface area contributed by atoms with Crippen molar-refractivity contribution in [2.45, 2.75) is 26.3 Å². The van der Waals surface area contributed by atoms with Crippen LogP contribution >= 0.6 is 12.2 Å². The second kappa shape index (κ2) is 7.40. The van der Waals surface area contributed by atoms with Gasteiger partial charge >= 0.3 is 0 Å². The smallest absolute Gasteiger partial charge is 0.135 e. The number of rotatable bonds is 7. The first kappa shape index (κ1) is 15.9. The highest BCUT2D eigenvalue weighted by Crippen LogP contribution is 2.14. The molecule has 0 aliphatic heterocycles. The molecule has 0 heterocycles. The van der Waals surface area contributed by atoms with Gasteiger partial charge < -0.3 is 16.0 Å². The zero-order chi connectivity index (χ0) is 14.4. The van der Waals surface area contributed by atoms with E-state index in [1.165, 1.54) is 6.07 Å². The number of hydrogen-bond acceptors (Lipinski definition) is 3. The van der Waals surface area contributed by atoms with Crippen LogP contribution in [0, 0.1) is 5.82 Å². The van der Waals surface area contributed by atoms with E-state index in [0.29, 0.717) is 6.04 Å². The molecule has 0 aliphatic rings. The van der Waals surface area contributed by atoms with E-state index >= 15 is 0 Å². The van der Waals surface area contributed by atoms with Crippen LogP contribution in [0.3, 0.4) is 0 Å². The summed E-state index contributed by atoms with van der Waals surface area (Å²) < 4.78 is 13.7. The molecular formula is C14H22FN3S. The van der Waals surface area contributed by atoms with Gasteiger partial charge in [0.15, 0.2) is 0 Å². The summed E-state index contributed by atoms with van der Waals surface area (Å²) in [6, 6.07) is 5.38. The second-order valence-corrected chi connectivity index (χ2v) is 5.16. The molecule has 3 N–H and O–H groups in total. The van der Waals surface area contributed by atoms with Gasteiger partial charge in [0.2, 0.25) is 0 Å². The predicted octanol–water partition coefficient (Wildman–Crippen LogP) is 2.60. The average molecular weight is 283 g/mol. The number of likely N-dealkylation sites (N-methyl/N-ethyl adjacent to an activating group) is 1. The van der Waals surface area contributed by atoms with Crippen molar-refractivity contribution in [3.8, 4) is 0 Å². The molecule has 0 saturated carbocycles. The number of nitrogens with zero attached hydrogens (tertiary/aromatic N) is 1. The Labute approximate surface area is 120 Å². The van der Waals surface area contributed by atoms with Crippen molar-refractivity contribution in [2.24, 2.45) is 5.73 Å². The molecule has 19 heavy (non-hydrogen) atoms. The standard InChI is InChI=1S/C14H22FN3S/c1-4-10(2)18(3)8-7-17-11-5-6-12(14(16)19)13(15)9-11/h5-6,9-10,17H,4,7-8H2,1-3H3,(H2,16,19). The first-order chi connectivity index (χ1) is 8.95. The fourth-order valence-electron chi connectivity index (χ4n) is 1.73. The number of nitrogens with two attached hydrogens (primary N) is 1. The van der Waals surface area contributed by atoms with Crippen molar-refractivity contribution in [1.82, 2.24) is 4.90 Å². The zero-order valence-corrected chi connectivity index (χ0v) is 12.6. The van der Waals surface area contributed by atoms with E-state index in [9.17, 15) is 4.39 Å². The molecule has 0 aliphatic carbocycles. The van der Waals surface area contributed by atoms with Crippen LogP contribution in [0.25, 0.3) is 0 Å². The van der Waals surface area contributed by atoms with Gasteiger partial charge in [-0.2, -0.15) is 0 Å². The fourth-order valence-corrected chi connectivity index (χ4v) is 1.90. The molecule has 1 atom stereocenters. The molecule has 1 aromatic rings. The highest BCUT2D eigenvalue weighted by atomic mass is 32.1. The maximum Gasteiger partial charge on any atom is 0.135 e. The molecule has 0 saturated heterocycles. The van der Waals surface area contributed by atoms with Crippen LogP contribution in [0.1, 0.15) is 25.8 Å². The molecule has 0 bridgehead atoms. The van der Waals surface area contributed by atoms with E-state index in [-0.39, 0.29) is 16.4 Å². The summed E-state index contributed by atoms with van der Waals surface area (Å²) >= 11 is 4.77. The summed E-state index contributed by atoms with van der Waals surface area (Å²) in [6.45, 7) is 6.04. The zero-order valence-electron chi connectivity index (χ0n) is 11.7. The Hall–Kier alpha value is -1.20. The van der Waals surface area contributed by atoms with E-state index < -0.39 is 0 Å². The maximum absolute atomic E-state index is 13.7. The van der Waals surface area contributed by atoms with Gasteiger partial charge in [-0.05, 0) is 38.6 Å². The van der Waals surface area contributed by atoms with Crippen LogP contribution in [0.5, 0.6) is 0 Å². The quantitative estimate of drug-likeness (QED) is 0.755. The maximum atomic E-state index is 13.7. The van der Waals surface area contributed by atoms with E-state index in [2.05, 4.69) is 31.1 Å². The Morgan fingerprint density at radius 2 is 2.21 bits per heavy atom. The summed E-state index contributed by atoms with van der Waals surface area (Å²) in [5.74, 6) is -0.382.